The third-order valence-corrected chi connectivity index (χ3v) is 1.82. The van der Waals surface area contributed by atoms with Gasteiger partial charge in [-0.3, -0.25) is 0 Å². The summed E-state index contributed by atoms with van der Waals surface area (Å²) in [5.41, 5.74) is 0.793. The van der Waals surface area contributed by atoms with Crippen molar-refractivity contribution in [3.63, 3.8) is 0 Å². The van der Waals surface area contributed by atoms with Crippen LogP contribution in [0, 0.1) is 0 Å². The smallest absolute Gasteiger partial charge is 0.354 e. The summed E-state index contributed by atoms with van der Waals surface area (Å²) < 4.78 is 0. The van der Waals surface area contributed by atoms with Gasteiger partial charge in [-0.1, -0.05) is 24.3 Å². The van der Waals surface area contributed by atoms with Gasteiger partial charge in [-0.15, -0.1) is 0 Å². The van der Waals surface area contributed by atoms with Crippen LogP contribution in [0.1, 0.15) is 10.5 Å². The number of carboxylic acid groups (broad SMARTS) is 1. The minimum Gasteiger partial charge on any atom is -0.477 e. The number of carbonyl (C=O) groups is 1. The molecule has 1 aromatic carbocycles. The van der Waals surface area contributed by atoms with Crippen LogP contribution >= 0.6 is 0 Å². The van der Waals surface area contributed by atoms with E-state index in [1.54, 1.807) is 12.1 Å². The molecule has 14 heavy (non-hydrogen) atoms. The van der Waals surface area contributed by atoms with Crippen molar-refractivity contribution in [2.24, 2.45) is 0 Å². The second kappa shape index (κ2) is 4.20. The summed E-state index contributed by atoms with van der Waals surface area (Å²) in [7, 11) is 0. The molecule has 0 bridgehead atoms. The summed E-state index contributed by atoms with van der Waals surface area (Å²) >= 11 is 0. The largest absolute Gasteiger partial charge is 0.477 e. The van der Waals surface area contributed by atoms with E-state index in [1.807, 2.05) is 18.2 Å². The van der Waals surface area contributed by atoms with Crippen molar-refractivity contribution in [1.29, 1.82) is 0 Å². The Bertz CT molecular complexity index is 470. The average molecular weight is 232 g/mol. The Labute approximate surface area is 90.7 Å². The third kappa shape index (κ3) is 1.91. The van der Waals surface area contributed by atoms with E-state index in [-0.39, 0.29) is 22.2 Å². The number of nitrogens with zero attached hydrogens (tertiary/aromatic N) is 1. The van der Waals surface area contributed by atoms with Gasteiger partial charge in [0.15, 0.2) is 0 Å². The Morgan fingerprint density at radius 1 is 1.14 bits per heavy atom. The van der Waals surface area contributed by atoms with Gasteiger partial charge in [0.25, 0.3) is 0 Å². The van der Waals surface area contributed by atoms with Crippen LogP contribution in [0.4, 0.5) is 0 Å². The summed E-state index contributed by atoms with van der Waals surface area (Å²) in [6, 6.07) is 10.7. The molecule has 0 radical (unpaired) electrons. The number of aromatic nitrogens is 1. The Morgan fingerprint density at radius 2 is 1.86 bits per heavy atom. The zero-order valence-electron chi connectivity index (χ0n) is 7.08. The van der Waals surface area contributed by atoms with Gasteiger partial charge in [0.2, 0.25) is 0 Å². The Kier molecular flexibility index (Phi) is 3.20. The Morgan fingerprint density at radius 3 is 2.57 bits per heavy atom. The minimum absolute atomic E-state index is 0. The van der Waals surface area contributed by atoms with E-state index in [4.69, 9.17) is 5.11 Å². The number of fused-ring (bicyclic) bond motifs is 1. The molecule has 3 nitrogen and oxygen atoms in total. The molecule has 2 aromatic rings. The van der Waals surface area contributed by atoms with Crippen LogP contribution in [0.15, 0.2) is 36.4 Å². The first-order valence-electron chi connectivity index (χ1n) is 3.86. The first kappa shape index (κ1) is 10.7. The molecule has 0 aliphatic heterocycles. The number of para-hydroxylation sites is 1. The first-order valence-corrected chi connectivity index (χ1v) is 3.86. The van der Waals surface area contributed by atoms with Crippen LogP contribution in [0.25, 0.3) is 10.9 Å². The molecule has 1 aromatic heterocycles. The van der Waals surface area contributed by atoms with Crippen molar-refractivity contribution in [3.05, 3.63) is 42.1 Å². The van der Waals surface area contributed by atoms with Crippen LogP contribution in [0.5, 0.6) is 0 Å². The third-order valence-electron chi connectivity index (χ3n) is 1.82. The molecule has 0 saturated carbocycles. The molecule has 1 N–H and O–H groups in total. The molecule has 1 heterocycles. The predicted octanol–water partition coefficient (Wildman–Crippen LogP) is 1.93. The van der Waals surface area contributed by atoms with E-state index in [0.29, 0.717) is 5.52 Å². The maximum Gasteiger partial charge on any atom is 0.354 e. The fraction of sp³-hybridized carbons (Fsp3) is 0. The monoisotopic (exact) mass is 231 g/mol. The van der Waals surface area contributed by atoms with Gasteiger partial charge >= 0.3 is 5.97 Å². The van der Waals surface area contributed by atoms with Gasteiger partial charge in [-0.2, -0.15) is 0 Å². The van der Waals surface area contributed by atoms with Gasteiger partial charge in [0.05, 0.1) is 5.52 Å². The molecular weight excluding hydrogens is 225 g/mol. The van der Waals surface area contributed by atoms with E-state index in [1.165, 1.54) is 6.07 Å². The molecular formula is C10H7NNiO2. The molecule has 0 spiro atoms. The molecule has 74 valence electrons. The minimum atomic E-state index is -0.995. The molecule has 0 fully saturated rings. The molecule has 0 atom stereocenters. The van der Waals surface area contributed by atoms with Crippen molar-refractivity contribution in [3.8, 4) is 0 Å². The quantitative estimate of drug-likeness (QED) is 0.764. The molecule has 0 unspecified atom stereocenters. The van der Waals surface area contributed by atoms with E-state index < -0.39 is 5.97 Å². The number of pyridine rings is 1. The van der Waals surface area contributed by atoms with Gasteiger partial charge in [-0.05, 0) is 12.1 Å². The fourth-order valence-electron chi connectivity index (χ4n) is 1.19. The van der Waals surface area contributed by atoms with Crippen molar-refractivity contribution in [2.45, 2.75) is 0 Å². The SMILES string of the molecule is O=C(O)c1ccc2ccccc2n1.[Ni]. The molecule has 0 amide bonds. The van der Waals surface area contributed by atoms with Gasteiger partial charge < -0.3 is 5.11 Å². The fourth-order valence-corrected chi connectivity index (χ4v) is 1.19. The summed E-state index contributed by atoms with van der Waals surface area (Å²) in [6.45, 7) is 0. The zero-order valence-corrected chi connectivity index (χ0v) is 8.07. The van der Waals surface area contributed by atoms with E-state index in [2.05, 4.69) is 4.98 Å². The van der Waals surface area contributed by atoms with Crippen LogP contribution in [-0.4, -0.2) is 16.1 Å². The van der Waals surface area contributed by atoms with Gasteiger partial charge in [0.1, 0.15) is 5.69 Å². The number of carboxylic acids is 1. The van der Waals surface area contributed by atoms with Crippen molar-refractivity contribution in [2.75, 3.05) is 0 Å². The predicted molar refractivity (Wildman–Crippen MR) is 48.7 cm³/mol. The standard InChI is InChI=1S/C10H7NO2.Ni/c12-10(13)9-6-5-7-3-1-2-4-8(7)11-9;/h1-6H,(H,12,13);. The van der Waals surface area contributed by atoms with Gasteiger partial charge in [-0.25, -0.2) is 9.78 Å². The average Bonchev–Trinajstić information content (AvgIpc) is 2.17. The second-order valence-electron chi connectivity index (χ2n) is 2.69. The van der Waals surface area contributed by atoms with Crippen molar-refractivity contribution >= 4 is 16.9 Å². The van der Waals surface area contributed by atoms with Crippen LogP contribution in [0.2, 0.25) is 0 Å². The zero-order chi connectivity index (χ0) is 9.26. The normalized spacial score (nSPS) is 9.43. The second-order valence-corrected chi connectivity index (χ2v) is 2.69. The summed E-state index contributed by atoms with van der Waals surface area (Å²) in [4.78, 5) is 14.6. The first-order chi connectivity index (χ1) is 6.27. The van der Waals surface area contributed by atoms with E-state index in [0.717, 1.165) is 5.39 Å². The summed E-state index contributed by atoms with van der Waals surface area (Å²) in [5.74, 6) is -0.995. The maximum atomic E-state index is 10.6. The van der Waals surface area contributed by atoms with Crippen LogP contribution in [-0.2, 0) is 16.5 Å². The number of benzene rings is 1. The summed E-state index contributed by atoms with van der Waals surface area (Å²) in [6.07, 6.45) is 0. The molecule has 4 heteroatoms. The molecule has 0 saturated heterocycles. The number of aromatic carboxylic acids is 1. The number of rotatable bonds is 1. The maximum absolute atomic E-state index is 10.6. The number of hydrogen-bond donors (Lipinski definition) is 1. The Balaban J connectivity index is 0.000000980. The van der Waals surface area contributed by atoms with Crippen LogP contribution < -0.4 is 0 Å². The number of hydrogen-bond acceptors (Lipinski definition) is 2. The molecule has 2 rings (SSSR count). The Hall–Kier alpha value is -1.41. The van der Waals surface area contributed by atoms with E-state index in [9.17, 15) is 4.79 Å². The topological polar surface area (TPSA) is 50.2 Å². The van der Waals surface area contributed by atoms with Crippen molar-refractivity contribution in [1.82, 2.24) is 4.98 Å². The van der Waals surface area contributed by atoms with E-state index >= 15 is 0 Å². The molecule has 0 aliphatic rings. The van der Waals surface area contributed by atoms with Gasteiger partial charge in [0, 0.05) is 21.9 Å². The summed E-state index contributed by atoms with van der Waals surface area (Å²) in [5, 5.41) is 9.63. The van der Waals surface area contributed by atoms with Crippen LogP contribution in [0.3, 0.4) is 0 Å². The molecule has 0 aliphatic carbocycles. The van der Waals surface area contributed by atoms with Crippen molar-refractivity contribution < 1.29 is 26.4 Å².